The van der Waals surface area contributed by atoms with Crippen LogP contribution in [0.25, 0.3) is 10.6 Å². The topological polar surface area (TPSA) is 134 Å². The molecule has 31 heavy (non-hydrogen) atoms. The molecule has 1 amide bonds. The molecule has 1 atom stereocenters. The molecule has 0 bridgehead atoms. The average Bonchev–Trinajstić information content (AvgIpc) is 3.49. The van der Waals surface area contributed by atoms with Gasteiger partial charge in [0.1, 0.15) is 23.6 Å². The van der Waals surface area contributed by atoms with Crippen LogP contribution in [0.4, 0.5) is 5.69 Å². The van der Waals surface area contributed by atoms with Gasteiger partial charge in [0, 0.05) is 11.3 Å². The van der Waals surface area contributed by atoms with Crippen molar-refractivity contribution in [2.24, 2.45) is 5.73 Å². The highest BCUT2D eigenvalue weighted by Gasteiger charge is 2.61. The summed E-state index contributed by atoms with van der Waals surface area (Å²) in [6, 6.07) is 12.8. The zero-order chi connectivity index (χ0) is 21.8. The maximum atomic E-state index is 14.1. The molecule has 0 saturated carbocycles. The Bertz CT molecular complexity index is 1300. The third kappa shape index (κ3) is 2.38. The van der Waals surface area contributed by atoms with Gasteiger partial charge < -0.3 is 15.2 Å². The second-order valence-electron chi connectivity index (χ2n) is 6.94. The number of aromatic nitrogens is 2. The highest BCUT2D eigenvalue weighted by molar-refractivity contribution is 7.13. The second kappa shape index (κ2) is 6.72. The Morgan fingerprint density at radius 2 is 2.19 bits per heavy atom. The van der Waals surface area contributed by atoms with E-state index in [4.69, 9.17) is 15.2 Å². The van der Waals surface area contributed by atoms with Crippen LogP contribution >= 0.6 is 11.3 Å². The highest BCUT2D eigenvalue weighted by atomic mass is 32.1. The molecule has 0 unspecified atom stereocenters. The number of nitriles is 1. The Morgan fingerprint density at radius 3 is 2.90 bits per heavy atom. The summed E-state index contributed by atoms with van der Waals surface area (Å²) in [4.78, 5) is 28.3. The molecule has 1 aromatic carbocycles. The summed E-state index contributed by atoms with van der Waals surface area (Å²) in [6.45, 7) is -0.310. The van der Waals surface area contributed by atoms with Crippen molar-refractivity contribution in [2.75, 3.05) is 18.6 Å². The molecule has 154 valence electrons. The van der Waals surface area contributed by atoms with Crippen molar-refractivity contribution in [2.45, 2.75) is 5.41 Å². The maximum absolute atomic E-state index is 14.1. The minimum Gasteiger partial charge on any atom is -0.468 e. The lowest BCUT2D eigenvalue weighted by molar-refractivity contribution is -0.140. The first-order valence-corrected chi connectivity index (χ1v) is 10.1. The number of thiophene rings is 1. The van der Waals surface area contributed by atoms with Crippen molar-refractivity contribution in [3.8, 4) is 22.5 Å². The number of para-hydroxylation sites is 1. The number of fused-ring (bicyclic) bond motifs is 4. The Morgan fingerprint density at radius 1 is 1.39 bits per heavy atom. The molecule has 4 heterocycles. The van der Waals surface area contributed by atoms with Gasteiger partial charge in [0.15, 0.2) is 0 Å². The number of nitrogens with zero attached hydrogens (tertiary/aromatic N) is 3. The number of anilines is 1. The molecule has 3 aromatic rings. The van der Waals surface area contributed by atoms with E-state index in [9.17, 15) is 14.9 Å². The summed E-state index contributed by atoms with van der Waals surface area (Å²) < 4.78 is 10.4. The lowest BCUT2D eigenvalue weighted by Crippen LogP contribution is -2.47. The first-order valence-electron chi connectivity index (χ1n) is 9.23. The molecule has 0 radical (unpaired) electrons. The molecule has 0 fully saturated rings. The zero-order valence-corrected chi connectivity index (χ0v) is 17.0. The second-order valence-corrected chi connectivity index (χ2v) is 7.89. The van der Waals surface area contributed by atoms with Gasteiger partial charge in [-0.15, -0.1) is 16.4 Å². The number of nitrogens with two attached hydrogens (primary N) is 1. The first-order chi connectivity index (χ1) is 15.0. The summed E-state index contributed by atoms with van der Waals surface area (Å²) in [5.41, 5.74) is 6.39. The van der Waals surface area contributed by atoms with E-state index in [2.05, 4.69) is 16.3 Å². The number of nitrogens with one attached hydrogen (secondary N) is 1. The van der Waals surface area contributed by atoms with E-state index in [1.165, 1.54) is 23.3 Å². The molecule has 5 rings (SSSR count). The number of hydrogen-bond acceptors (Lipinski definition) is 8. The van der Waals surface area contributed by atoms with Crippen molar-refractivity contribution in [1.82, 2.24) is 10.2 Å². The number of esters is 1. The third-order valence-electron chi connectivity index (χ3n) is 5.50. The van der Waals surface area contributed by atoms with Crippen molar-refractivity contribution in [3.05, 3.63) is 64.4 Å². The number of amides is 1. The van der Waals surface area contributed by atoms with Gasteiger partial charge in [0.05, 0.1) is 23.2 Å². The van der Waals surface area contributed by atoms with Crippen LogP contribution in [0.3, 0.4) is 0 Å². The fourth-order valence-electron chi connectivity index (χ4n) is 4.24. The molecule has 0 saturated heterocycles. The smallest absolute Gasteiger partial charge is 0.325 e. The molecule has 0 aliphatic carbocycles. The van der Waals surface area contributed by atoms with Crippen LogP contribution in [0.15, 0.2) is 53.2 Å². The van der Waals surface area contributed by atoms with Crippen LogP contribution in [0.5, 0.6) is 5.88 Å². The fraction of sp³-hybridized carbons (Fsp3) is 0.143. The first kappa shape index (κ1) is 18.9. The molecular formula is C21H15N5O4S. The van der Waals surface area contributed by atoms with E-state index in [1.807, 2.05) is 17.5 Å². The van der Waals surface area contributed by atoms with Gasteiger partial charge in [-0.05, 0) is 17.5 Å². The minimum atomic E-state index is -1.61. The van der Waals surface area contributed by atoms with Gasteiger partial charge in [-0.2, -0.15) is 5.26 Å². The highest BCUT2D eigenvalue weighted by Crippen LogP contribution is 2.57. The van der Waals surface area contributed by atoms with Crippen molar-refractivity contribution < 1.29 is 19.1 Å². The minimum absolute atomic E-state index is 0.0518. The van der Waals surface area contributed by atoms with Crippen molar-refractivity contribution in [1.29, 1.82) is 5.26 Å². The number of carbonyl (C=O) groups excluding carboxylic acids is 2. The van der Waals surface area contributed by atoms with Gasteiger partial charge in [0.2, 0.25) is 17.7 Å². The molecule has 10 heteroatoms. The largest absolute Gasteiger partial charge is 0.468 e. The fourth-order valence-corrected chi connectivity index (χ4v) is 4.96. The third-order valence-corrected chi connectivity index (χ3v) is 6.38. The van der Waals surface area contributed by atoms with Gasteiger partial charge in [-0.25, -0.2) is 0 Å². The van der Waals surface area contributed by atoms with Gasteiger partial charge in [-0.3, -0.25) is 19.6 Å². The molecule has 1 spiro atoms. The zero-order valence-electron chi connectivity index (χ0n) is 16.2. The quantitative estimate of drug-likeness (QED) is 0.604. The van der Waals surface area contributed by atoms with Crippen LogP contribution in [-0.4, -0.2) is 35.7 Å². The van der Waals surface area contributed by atoms with Crippen LogP contribution in [0.1, 0.15) is 11.1 Å². The van der Waals surface area contributed by atoms with Crippen LogP contribution in [-0.2, 0) is 19.7 Å². The van der Waals surface area contributed by atoms with E-state index >= 15 is 0 Å². The number of H-pyrrole nitrogens is 1. The Hall–Kier alpha value is -4.10. The number of rotatable bonds is 3. The standard InChI is InChI=1S/C21H15N5O4S/c1-29-15(27)10-26-13-6-3-2-5-11(13)21(20(26)28)12(9-22)18(23)30-19-16(21)17(24-25-19)14-7-4-8-31-14/h2-8H,10,23H2,1H3,(H,24,25)/t21-/m1/s1. The SMILES string of the molecule is COC(=O)CN1C(=O)[C@@]2(C(C#N)=C(N)Oc3n[nH]c(-c4cccs4)c32)c2ccccc21. The van der Waals surface area contributed by atoms with Crippen LogP contribution < -0.4 is 15.4 Å². The summed E-state index contributed by atoms with van der Waals surface area (Å²) in [5.74, 6) is -1.18. The van der Waals surface area contributed by atoms with Crippen LogP contribution in [0, 0.1) is 11.3 Å². The average molecular weight is 433 g/mol. The Labute approximate surface area is 180 Å². The summed E-state index contributed by atoms with van der Waals surface area (Å²) in [7, 11) is 1.25. The molecule has 3 N–H and O–H groups in total. The van der Waals surface area contributed by atoms with Crippen molar-refractivity contribution >= 4 is 28.9 Å². The Balaban J connectivity index is 1.86. The van der Waals surface area contributed by atoms with E-state index in [1.54, 1.807) is 24.3 Å². The number of benzene rings is 1. The summed E-state index contributed by atoms with van der Waals surface area (Å²) >= 11 is 1.45. The number of carbonyl (C=O) groups is 2. The number of ether oxygens (including phenoxy) is 2. The maximum Gasteiger partial charge on any atom is 0.325 e. The molecule has 2 aliphatic rings. The predicted molar refractivity (Wildman–Crippen MR) is 111 cm³/mol. The summed E-state index contributed by atoms with van der Waals surface area (Å²) in [5, 5.41) is 19.1. The number of aromatic amines is 1. The van der Waals surface area contributed by atoms with Crippen LogP contribution in [0.2, 0.25) is 0 Å². The Kier molecular flexibility index (Phi) is 4.09. The van der Waals surface area contributed by atoms with E-state index in [-0.39, 0.29) is 23.9 Å². The number of methoxy groups -OCH3 is 1. The van der Waals surface area contributed by atoms with E-state index in [0.29, 0.717) is 22.5 Å². The predicted octanol–water partition coefficient (Wildman–Crippen LogP) is 2.03. The molecule has 2 aromatic heterocycles. The molecule has 9 nitrogen and oxygen atoms in total. The lowest BCUT2D eigenvalue weighted by Gasteiger charge is -2.32. The molecule has 2 aliphatic heterocycles. The summed E-state index contributed by atoms with van der Waals surface area (Å²) in [6.07, 6.45) is 0. The lowest BCUT2D eigenvalue weighted by atomic mass is 9.69. The van der Waals surface area contributed by atoms with Crippen molar-refractivity contribution in [3.63, 3.8) is 0 Å². The molecular weight excluding hydrogens is 418 g/mol. The van der Waals surface area contributed by atoms with Gasteiger partial charge in [-0.1, -0.05) is 24.3 Å². The number of hydrogen-bond donors (Lipinski definition) is 2. The normalized spacial score (nSPS) is 19.1. The van der Waals surface area contributed by atoms with E-state index < -0.39 is 17.3 Å². The van der Waals surface area contributed by atoms with Gasteiger partial charge >= 0.3 is 5.97 Å². The van der Waals surface area contributed by atoms with Gasteiger partial charge in [0.25, 0.3) is 0 Å². The van der Waals surface area contributed by atoms with E-state index in [0.717, 1.165) is 4.88 Å². The monoisotopic (exact) mass is 433 g/mol.